The van der Waals surface area contributed by atoms with Crippen LogP contribution in [-0.2, 0) is 47.7 Å². The lowest BCUT2D eigenvalue weighted by Gasteiger charge is -2.32. The van der Waals surface area contributed by atoms with Crippen molar-refractivity contribution < 1.29 is 47.7 Å². The van der Waals surface area contributed by atoms with Crippen molar-refractivity contribution in [1.82, 2.24) is 0 Å². The highest BCUT2D eigenvalue weighted by Crippen LogP contribution is 2.24. The molecule has 0 aromatic carbocycles. The van der Waals surface area contributed by atoms with Crippen LogP contribution < -0.4 is 0 Å². The lowest BCUT2D eigenvalue weighted by molar-refractivity contribution is -0.197. The van der Waals surface area contributed by atoms with Crippen molar-refractivity contribution in [3.63, 3.8) is 0 Å². The second-order valence-electron chi connectivity index (χ2n) is 29.3. The Morgan fingerprint density at radius 1 is 0.179 bits per heavy atom. The molecule has 3 atom stereocenters. The molecule has 0 spiro atoms. The molecule has 0 aliphatic carbocycles. The molecule has 0 rings (SSSR count). The van der Waals surface area contributed by atoms with Gasteiger partial charge in [0, 0.05) is 32.1 Å². The summed E-state index contributed by atoms with van der Waals surface area (Å²) >= 11 is 0. The van der Waals surface area contributed by atoms with Crippen LogP contribution in [-0.4, -0.2) is 61.4 Å². The molecular weight excluding hydrogens is 1180 g/mol. The molecule has 95 heavy (non-hydrogen) atoms. The van der Waals surface area contributed by atoms with Gasteiger partial charge in [-0.05, 0) is 32.1 Å². The summed E-state index contributed by atoms with van der Waals surface area (Å²) < 4.78 is 30.9. The number of carbonyl (C=O) groups is 5. The topological polar surface area (TPSA) is 132 Å². The van der Waals surface area contributed by atoms with Crippen LogP contribution >= 0.6 is 0 Å². The average Bonchev–Trinajstić information content (AvgIpc) is 0.892. The molecule has 0 aliphatic heterocycles. The maximum absolute atomic E-state index is 14.2. The molecule has 0 unspecified atom stereocenters. The minimum atomic E-state index is -1.37. The van der Waals surface area contributed by atoms with Gasteiger partial charge in [-0.15, -0.1) is 0 Å². The number of hydrogen-bond acceptors (Lipinski definition) is 10. The smallest absolute Gasteiger partial charge is 0.306 e. The van der Waals surface area contributed by atoms with Crippen molar-refractivity contribution in [2.45, 2.75) is 502 Å². The summed E-state index contributed by atoms with van der Waals surface area (Å²) in [5, 5.41) is 0. The summed E-state index contributed by atoms with van der Waals surface area (Å²) in [5.41, 5.74) is 0. The van der Waals surface area contributed by atoms with Gasteiger partial charge in [0.25, 0.3) is 0 Å². The first-order valence-electron chi connectivity index (χ1n) is 42.6. The Labute approximate surface area is 590 Å². The van der Waals surface area contributed by atoms with Crippen LogP contribution in [0.5, 0.6) is 0 Å². The van der Waals surface area contributed by atoms with Crippen molar-refractivity contribution in [2.75, 3.05) is 13.2 Å². The van der Waals surface area contributed by atoms with Crippen molar-refractivity contribution >= 4 is 29.8 Å². The first kappa shape index (κ1) is 92.4. The second-order valence-corrected chi connectivity index (χ2v) is 29.3. The van der Waals surface area contributed by atoms with Crippen molar-refractivity contribution in [2.24, 2.45) is 0 Å². The first-order chi connectivity index (χ1) is 46.7. The van der Waals surface area contributed by atoms with E-state index in [0.29, 0.717) is 32.1 Å². The minimum Gasteiger partial charge on any atom is -0.462 e. The zero-order valence-corrected chi connectivity index (χ0v) is 64.2. The largest absolute Gasteiger partial charge is 0.462 e. The van der Waals surface area contributed by atoms with Crippen LogP contribution in [0.25, 0.3) is 0 Å². The average molecular weight is 1340 g/mol. The predicted molar refractivity (Wildman–Crippen MR) is 403 cm³/mol. The van der Waals surface area contributed by atoms with Crippen LogP contribution in [0.3, 0.4) is 0 Å². The molecule has 0 N–H and O–H groups in total. The van der Waals surface area contributed by atoms with Gasteiger partial charge in [-0.1, -0.05) is 420 Å². The highest BCUT2D eigenvalue weighted by atomic mass is 16.6. The summed E-state index contributed by atoms with van der Waals surface area (Å²) in [7, 11) is 0. The van der Waals surface area contributed by atoms with E-state index in [1.54, 1.807) is 0 Å². The van der Waals surface area contributed by atoms with Gasteiger partial charge in [0.05, 0.1) is 0 Å². The number of hydrogen-bond donors (Lipinski definition) is 0. The highest BCUT2D eigenvalue weighted by Gasteiger charge is 2.40. The van der Waals surface area contributed by atoms with Crippen LogP contribution in [0.4, 0.5) is 0 Å². The molecule has 0 aromatic heterocycles. The summed E-state index contributed by atoms with van der Waals surface area (Å²) in [6, 6.07) is 0. The molecule has 0 aliphatic rings. The van der Waals surface area contributed by atoms with Gasteiger partial charge in [-0.25, -0.2) is 0 Å². The Morgan fingerprint density at radius 3 is 0.484 bits per heavy atom. The Kier molecular flexibility index (Phi) is 74.9. The van der Waals surface area contributed by atoms with Gasteiger partial charge in [-0.2, -0.15) is 0 Å². The third-order valence-electron chi connectivity index (χ3n) is 19.8. The molecular formula is C85H162O10. The number of rotatable bonds is 79. The monoisotopic (exact) mass is 1340 g/mol. The highest BCUT2D eigenvalue weighted by molar-refractivity contribution is 5.72. The van der Waals surface area contributed by atoms with E-state index < -0.39 is 48.2 Å². The van der Waals surface area contributed by atoms with Gasteiger partial charge in [0.1, 0.15) is 13.2 Å². The molecule has 0 bridgehead atoms. The quantitative estimate of drug-likeness (QED) is 0.0329. The summed E-state index contributed by atoms with van der Waals surface area (Å²) in [5.74, 6) is -2.31. The summed E-state index contributed by atoms with van der Waals surface area (Å²) in [6.45, 7) is 10.6. The standard InChI is InChI=1S/C85H162O10/c1-6-11-16-21-26-31-36-41-46-51-56-61-66-71-80(86)91-76-78(93-82(88)73-68-63-58-53-48-43-38-33-28-23-18-13-8-3)85(95-84(90)75-70-65-60-55-50-45-40-35-30-25-20-15-10-5)79(94-83(89)74-69-64-59-54-49-44-39-34-29-24-19-14-9-4)77-92-81(87)72-67-62-57-52-47-42-37-32-27-22-17-12-7-2/h78-79,85H,6-77H2,1-5H3/t78-,79+,85+. The van der Waals surface area contributed by atoms with Crippen LogP contribution in [0.1, 0.15) is 484 Å². The van der Waals surface area contributed by atoms with E-state index in [4.69, 9.17) is 23.7 Å². The van der Waals surface area contributed by atoms with Gasteiger partial charge >= 0.3 is 29.8 Å². The molecule has 0 aromatic rings. The number of carbonyl (C=O) groups excluding carboxylic acids is 5. The lowest BCUT2D eigenvalue weighted by Crippen LogP contribution is -2.50. The van der Waals surface area contributed by atoms with E-state index >= 15 is 0 Å². The van der Waals surface area contributed by atoms with Gasteiger partial charge < -0.3 is 23.7 Å². The minimum absolute atomic E-state index is 0.130. The second kappa shape index (κ2) is 77.1. The van der Waals surface area contributed by atoms with Crippen molar-refractivity contribution in [3.05, 3.63) is 0 Å². The van der Waals surface area contributed by atoms with E-state index in [9.17, 15) is 24.0 Å². The van der Waals surface area contributed by atoms with E-state index in [-0.39, 0.29) is 45.3 Å². The Bertz CT molecular complexity index is 1520. The molecule has 562 valence electrons. The fourth-order valence-electron chi connectivity index (χ4n) is 13.4. The third-order valence-corrected chi connectivity index (χ3v) is 19.8. The zero-order valence-electron chi connectivity index (χ0n) is 64.2. The lowest BCUT2D eigenvalue weighted by atomic mass is 10.0. The van der Waals surface area contributed by atoms with Crippen LogP contribution in [0.15, 0.2) is 0 Å². The Balaban J connectivity index is 6.41. The fourth-order valence-corrected chi connectivity index (χ4v) is 13.4. The van der Waals surface area contributed by atoms with Gasteiger partial charge in [0.2, 0.25) is 0 Å². The number of ether oxygens (including phenoxy) is 5. The van der Waals surface area contributed by atoms with E-state index in [1.165, 1.54) is 289 Å². The fraction of sp³-hybridized carbons (Fsp3) is 0.941. The normalized spacial score (nSPS) is 12.4. The molecule has 0 heterocycles. The molecule has 10 heteroatoms. The molecule has 0 fully saturated rings. The van der Waals surface area contributed by atoms with E-state index in [0.717, 1.165) is 96.3 Å². The SMILES string of the molecule is CCCCCCCCCCCCCCCC(=O)OC[C@H](OC(=O)CCCCCCCCCCCCCCC)[C@@H](OC(=O)CCCCCCCCCCCCCCC)[C@@H](COC(=O)CCCCCCCCCCCCCCC)OC(=O)CCCCCCCCCCCCCCC. The van der Waals surface area contributed by atoms with Gasteiger partial charge in [0.15, 0.2) is 18.3 Å². The molecule has 0 amide bonds. The molecule has 0 saturated carbocycles. The van der Waals surface area contributed by atoms with Crippen molar-refractivity contribution in [3.8, 4) is 0 Å². The van der Waals surface area contributed by atoms with Gasteiger partial charge in [-0.3, -0.25) is 24.0 Å². The molecule has 0 saturated heterocycles. The summed E-state index contributed by atoms with van der Waals surface area (Å²) in [6.07, 6.45) is 74.0. The number of esters is 5. The predicted octanol–water partition coefficient (Wildman–Crippen LogP) is 27.2. The van der Waals surface area contributed by atoms with E-state index in [1.807, 2.05) is 0 Å². The molecule has 10 nitrogen and oxygen atoms in total. The maximum atomic E-state index is 14.2. The van der Waals surface area contributed by atoms with Crippen molar-refractivity contribution in [1.29, 1.82) is 0 Å². The Morgan fingerprint density at radius 2 is 0.316 bits per heavy atom. The number of unbranched alkanes of at least 4 members (excludes halogenated alkanes) is 60. The maximum Gasteiger partial charge on any atom is 0.306 e. The zero-order chi connectivity index (χ0) is 69.1. The van der Waals surface area contributed by atoms with E-state index in [2.05, 4.69) is 34.6 Å². The molecule has 0 radical (unpaired) electrons. The van der Waals surface area contributed by atoms with Crippen LogP contribution in [0, 0.1) is 0 Å². The third kappa shape index (κ3) is 69.6. The first-order valence-corrected chi connectivity index (χ1v) is 42.6. The Hall–Kier alpha value is -2.65. The summed E-state index contributed by atoms with van der Waals surface area (Å²) in [4.78, 5) is 69.6. The van der Waals surface area contributed by atoms with Crippen LogP contribution in [0.2, 0.25) is 0 Å².